The molecular weight excluding hydrogens is 400 g/mol. The maximum Gasteiger partial charge on any atom is 0.258 e. The molecule has 158 valence electrons. The zero-order chi connectivity index (χ0) is 21.5. The summed E-state index contributed by atoms with van der Waals surface area (Å²) in [5.41, 5.74) is 2.55. The molecule has 1 saturated heterocycles. The van der Waals surface area contributed by atoms with Crippen LogP contribution in [0.5, 0.6) is 0 Å². The van der Waals surface area contributed by atoms with Crippen molar-refractivity contribution in [2.24, 2.45) is 0 Å². The summed E-state index contributed by atoms with van der Waals surface area (Å²) in [7, 11) is -3.52. The Morgan fingerprint density at radius 1 is 1.00 bits per heavy atom. The molecule has 4 rings (SSSR count). The molecule has 1 unspecified atom stereocenters. The van der Waals surface area contributed by atoms with Gasteiger partial charge in [0.2, 0.25) is 10.0 Å². The Labute approximate surface area is 176 Å². The third-order valence-corrected chi connectivity index (χ3v) is 7.86. The quantitative estimate of drug-likeness (QED) is 0.693. The SMILES string of the molecule is Cc1ccc(S(=O)(=O)N2CCN(C(C)c3nc4ccccc4c(=O)[nH]3)CC2)cc1C. The number of nitrogens with one attached hydrogen (secondary N) is 1. The molecule has 2 aromatic carbocycles. The number of fused-ring (bicyclic) bond motifs is 1. The van der Waals surface area contributed by atoms with Crippen LogP contribution in [0.4, 0.5) is 0 Å². The molecule has 0 radical (unpaired) electrons. The summed E-state index contributed by atoms with van der Waals surface area (Å²) in [5.74, 6) is 0.601. The highest BCUT2D eigenvalue weighted by atomic mass is 32.2. The molecule has 1 aliphatic rings. The van der Waals surface area contributed by atoms with E-state index in [4.69, 9.17) is 0 Å². The molecule has 0 aliphatic carbocycles. The van der Waals surface area contributed by atoms with Crippen molar-refractivity contribution in [1.29, 1.82) is 0 Å². The Hall–Kier alpha value is -2.55. The lowest BCUT2D eigenvalue weighted by Gasteiger charge is -2.37. The Bertz CT molecular complexity index is 1240. The van der Waals surface area contributed by atoms with Crippen LogP contribution in [0, 0.1) is 13.8 Å². The molecule has 3 aromatic rings. The van der Waals surface area contributed by atoms with Crippen molar-refractivity contribution in [2.75, 3.05) is 26.2 Å². The average Bonchev–Trinajstić information content (AvgIpc) is 2.75. The molecule has 1 aliphatic heterocycles. The van der Waals surface area contributed by atoms with E-state index in [9.17, 15) is 13.2 Å². The first kappa shape index (κ1) is 20.7. The Kier molecular flexibility index (Phi) is 5.48. The molecule has 1 N–H and O–H groups in total. The number of piperazine rings is 1. The van der Waals surface area contributed by atoms with Crippen LogP contribution < -0.4 is 5.56 Å². The van der Waals surface area contributed by atoms with Crippen LogP contribution in [0.2, 0.25) is 0 Å². The summed E-state index contributed by atoms with van der Waals surface area (Å²) in [6.07, 6.45) is 0. The summed E-state index contributed by atoms with van der Waals surface area (Å²) >= 11 is 0. The lowest BCUT2D eigenvalue weighted by Crippen LogP contribution is -2.49. The number of aryl methyl sites for hydroxylation is 2. The van der Waals surface area contributed by atoms with Crippen LogP contribution in [0.3, 0.4) is 0 Å². The van der Waals surface area contributed by atoms with Gasteiger partial charge in [-0.15, -0.1) is 0 Å². The van der Waals surface area contributed by atoms with Gasteiger partial charge >= 0.3 is 0 Å². The molecular formula is C22H26N4O3S. The number of hydrogen-bond donors (Lipinski definition) is 1. The van der Waals surface area contributed by atoms with E-state index >= 15 is 0 Å². The molecule has 0 bridgehead atoms. The van der Waals surface area contributed by atoms with Gasteiger partial charge in [0, 0.05) is 26.2 Å². The van der Waals surface area contributed by atoms with E-state index in [0.29, 0.717) is 47.8 Å². The minimum atomic E-state index is -3.52. The van der Waals surface area contributed by atoms with Gasteiger partial charge in [0.05, 0.1) is 21.8 Å². The van der Waals surface area contributed by atoms with Gasteiger partial charge in [-0.2, -0.15) is 4.31 Å². The van der Waals surface area contributed by atoms with Gasteiger partial charge in [0.1, 0.15) is 5.82 Å². The van der Waals surface area contributed by atoms with Crippen LogP contribution in [-0.2, 0) is 10.0 Å². The first-order chi connectivity index (χ1) is 14.3. The van der Waals surface area contributed by atoms with Crippen molar-refractivity contribution in [2.45, 2.75) is 31.7 Å². The minimum Gasteiger partial charge on any atom is -0.309 e. The molecule has 7 nitrogen and oxygen atoms in total. The highest BCUT2D eigenvalue weighted by Crippen LogP contribution is 2.24. The molecule has 30 heavy (non-hydrogen) atoms. The van der Waals surface area contributed by atoms with E-state index in [-0.39, 0.29) is 11.6 Å². The van der Waals surface area contributed by atoms with Crippen LogP contribution in [0.15, 0.2) is 52.2 Å². The average molecular weight is 427 g/mol. The lowest BCUT2D eigenvalue weighted by molar-refractivity contribution is 0.141. The fourth-order valence-electron chi connectivity index (χ4n) is 3.83. The maximum atomic E-state index is 13.0. The van der Waals surface area contributed by atoms with Crippen LogP contribution in [0.25, 0.3) is 10.9 Å². The van der Waals surface area contributed by atoms with E-state index in [1.807, 2.05) is 45.0 Å². The van der Waals surface area contributed by atoms with Crippen molar-refractivity contribution in [3.8, 4) is 0 Å². The standard InChI is InChI=1S/C22H26N4O3S/c1-15-8-9-18(14-16(15)2)30(28,29)26-12-10-25(11-13-26)17(3)21-23-20-7-5-4-6-19(20)22(27)24-21/h4-9,14,17H,10-13H2,1-3H3,(H,23,24,27). The van der Waals surface area contributed by atoms with Gasteiger partial charge < -0.3 is 4.98 Å². The zero-order valence-electron chi connectivity index (χ0n) is 17.4. The van der Waals surface area contributed by atoms with Crippen molar-refractivity contribution in [3.63, 3.8) is 0 Å². The highest BCUT2D eigenvalue weighted by Gasteiger charge is 2.31. The Morgan fingerprint density at radius 3 is 2.40 bits per heavy atom. The number of aromatic amines is 1. The molecule has 0 spiro atoms. The van der Waals surface area contributed by atoms with Crippen molar-refractivity contribution in [1.82, 2.24) is 19.2 Å². The Morgan fingerprint density at radius 2 is 1.70 bits per heavy atom. The topological polar surface area (TPSA) is 86.4 Å². The molecule has 0 saturated carbocycles. The van der Waals surface area contributed by atoms with Crippen molar-refractivity contribution < 1.29 is 8.42 Å². The molecule has 8 heteroatoms. The summed E-state index contributed by atoms with van der Waals surface area (Å²) in [6, 6.07) is 12.4. The maximum absolute atomic E-state index is 13.0. The number of rotatable bonds is 4. The van der Waals surface area contributed by atoms with E-state index in [1.54, 1.807) is 18.2 Å². The van der Waals surface area contributed by atoms with E-state index in [2.05, 4.69) is 14.9 Å². The third-order valence-electron chi connectivity index (χ3n) is 5.96. The third kappa shape index (κ3) is 3.78. The second kappa shape index (κ2) is 7.94. The Balaban J connectivity index is 1.50. The summed E-state index contributed by atoms with van der Waals surface area (Å²) in [6.45, 7) is 7.82. The number of nitrogens with zero attached hydrogens (tertiary/aromatic N) is 3. The van der Waals surface area contributed by atoms with Gasteiger partial charge in [-0.05, 0) is 56.2 Å². The number of aromatic nitrogens is 2. The van der Waals surface area contributed by atoms with Crippen molar-refractivity contribution in [3.05, 3.63) is 69.8 Å². The van der Waals surface area contributed by atoms with Crippen LogP contribution in [0.1, 0.15) is 29.9 Å². The van der Waals surface area contributed by atoms with E-state index < -0.39 is 10.0 Å². The first-order valence-electron chi connectivity index (χ1n) is 10.1. The number of para-hydroxylation sites is 1. The van der Waals surface area contributed by atoms with Crippen LogP contribution >= 0.6 is 0 Å². The fraction of sp³-hybridized carbons (Fsp3) is 0.364. The largest absolute Gasteiger partial charge is 0.309 e. The minimum absolute atomic E-state index is 0.117. The van der Waals surface area contributed by atoms with Gasteiger partial charge in [-0.1, -0.05) is 18.2 Å². The number of H-pyrrole nitrogens is 1. The van der Waals surface area contributed by atoms with Gasteiger partial charge in [0.25, 0.3) is 5.56 Å². The number of benzene rings is 2. The smallest absolute Gasteiger partial charge is 0.258 e. The predicted octanol–water partition coefficient (Wildman–Crippen LogP) is 2.61. The lowest BCUT2D eigenvalue weighted by atomic mass is 10.1. The molecule has 1 aromatic heterocycles. The molecule has 1 atom stereocenters. The second-order valence-electron chi connectivity index (χ2n) is 7.83. The van der Waals surface area contributed by atoms with Gasteiger partial charge in [-0.3, -0.25) is 9.69 Å². The summed E-state index contributed by atoms with van der Waals surface area (Å²) < 4.78 is 27.6. The monoisotopic (exact) mass is 426 g/mol. The summed E-state index contributed by atoms with van der Waals surface area (Å²) in [5, 5.41) is 0.567. The first-order valence-corrected chi connectivity index (χ1v) is 11.5. The molecule has 2 heterocycles. The van der Waals surface area contributed by atoms with Crippen LogP contribution in [-0.4, -0.2) is 53.8 Å². The van der Waals surface area contributed by atoms with Gasteiger partial charge in [0.15, 0.2) is 0 Å². The predicted molar refractivity (Wildman–Crippen MR) is 117 cm³/mol. The van der Waals surface area contributed by atoms with Crippen molar-refractivity contribution >= 4 is 20.9 Å². The zero-order valence-corrected chi connectivity index (χ0v) is 18.2. The number of sulfonamides is 1. The number of hydrogen-bond acceptors (Lipinski definition) is 5. The second-order valence-corrected chi connectivity index (χ2v) is 9.77. The van der Waals surface area contributed by atoms with Gasteiger partial charge in [-0.25, -0.2) is 13.4 Å². The molecule has 1 fully saturated rings. The molecule has 0 amide bonds. The highest BCUT2D eigenvalue weighted by molar-refractivity contribution is 7.89. The van der Waals surface area contributed by atoms with E-state index in [0.717, 1.165) is 11.1 Å². The fourth-order valence-corrected chi connectivity index (χ4v) is 5.34. The summed E-state index contributed by atoms with van der Waals surface area (Å²) in [4.78, 5) is 22.4. The van der Waals surface area contributed by atoms with E-state index in [1.165, 1.54) is 4.31 Å². The normalized spacial score (nSPS) is 17.3.